The minimum absolute atomic E-state index is 0.378. The van der Waals surface area contributed by atoms with Crippen molar-refractivity contribution in [1.82, 2.24) is 5.32 Å². The molecule has 0 aliphatic carbocycles. The summed E-state index contributed by atoms with van der Waals surface area (Å²) >= 11 is 0. The zero-order valence-electron chi connectivity index (χ0n) is 9.44. The summed E-state index contributed by atoms with van der Waals surface area (Å²) in [5, 5.41) is 12.7. The molecular weight excluding hydrogens is 246 g/mol. The number of rotatable bonds is 4. The molecule has 18 heavy (non-hydrogen) atoms. The molecule has 0 saturated heterocycles. The van der Waals surface area contributed by atoms with Gasteiger partial charge in [-0.3, -0.25) is 14.9 Å². The van der Waals surface area contributed by atoms with E-state index in [0.717, 1.165) is 0 Å². The van der Waals surface area contributed by atoms with Gasteiger partial charge >= 0.3 is 5.69 Å². The Morgan fingerprint density at radius 3 is 2.61 bits per heavy atom. The van der Waals surface area contributed by atoms with E-state index in [1.54, 1.807) is 6.92 Å². The predicted octanol–water partition coefficient (Wildman–Crippen LogP) is 2.18. The van der Waals surface area contributed by atoms with E-state index in [0.29, 0.717) is 12.1 Å². The third-order valence-corrected chi connectivity index (χ3v) is 2.19. The van der Waals surface area contributed by atoms with Gasteiger partial charge in [0.2, 0.25) is 5.82 Å². The first kappa shape index (κ1) is 13.8. The normalized spacial score (nSPS) is 11.7. The van der Waals surface area contributed by atoms with E-state index in [1.165, 1.54) is 6.08 Å². The summed E-state index contributed by atoms with van der Waals surface area (Å²) in [5.41, 5.74) is -1.60. The molecule has 0 bridgehead atoms. The van der Waals surface area contributed by atoms with Crippen LogP contribution in [0.4, 0.5) is 14.5 Å². The molecule has 1 aromatic carbocycles. The first-order chi connectivity index (χ1) is 8.36. The molecular formula is C11H10F2N2O3. The summed E-state index contributed by atoms with van der Waals surface area (Å²) in [6.45, 7) is 5.00. The molecule has 0 fully saturated rings. The molecule has 0 heterocycles. The average Bonchev–Trinajstić information content (AvgIpc) is 2.30. The maximum atomic E-state index is 13.4. The molecule has 1 atom stereocenters. The number of amides is 1. The Balaban J connectivity index is 3.11. The second-order valence-electron chi connectivity index (χ2n) is 3.54. The van der Waals surface area contributed by atoms with Crippen molar-refractivity contribution in [1.29, 1.82) is 0 Å². The van der Waals surface area contributed by atoms with Gasteiger partial charge in [0.15, 0.2) is 0 Å². The van der Waals surface area contributed by atoms with Gasteiger partial charge in [0.25, 0.3) is 5.91 Å². The first-order valence-electron chi connectivity index (χ1n) is 4.93. The SMILES string of the molecule is C=CC(C)NC(=O)c1cc(F)c([N+](=O)[O-])cc1F. The Morgan fingerprint density at radius 1 is 1.50 bits per heavy atom. The van der Waals surface area contributed by atoms with Gasteiger partial charge in [0.05, 0.1) is 16.6 Å². The van der Waals surface area contributed by atoms with Gasteiger partial charge in [-0.15, -0.1) is 6.58 Å². The fourth-order valence-electron chi connectivity index (χ4n) is 1.19. The molecule has 0 aliphatic heterocycles. The summed E-state index contributed by atoms with van der Waals surface area (Å²) < 4.78 is 26.7. The summed E-state index contributed by atoms with van der Waals surface area (Å²) in [5.74, 6) is -3.29. The third kappa shape index (κ3) is 2.88. The number of nitro groups is 1. The maximum absolute atomic E-state index is 13.4. The fraction of sp³-hybridized carbons (Fsp3) is 0.182. The van der Waals surface area contributed by atoms with Crippen molar-refractivity contribution in [2.45, 2.75) is 13.0 Å². The van der Waals surface area contributed by atoms with Crippen LogP contribution in [-0.4, -0.2) is 16.9 Å². The van der Waals surface area contributed by atoms with Gasteiger partial charge < -0.3 is 5.32 Å². The van der Waals surface area contributed by atoms with Crippen molar-refractivity contribution in [2.24, 2.45) is 0 Å². The molecule has 0 spiro atoms. The number of carbonyl (C=O) groups excluding carboxylic acids is 1. The van der Waals surface area contributed by atoms with Crippen LogP contribution >= 0.6 is 0 Å². The fourth-order valence-corrected chi connectivity index (χ4v) is 1.19. The molecule has 0 aromatic heterocycles. The molecule has 5 nitrogen and oxygen atoms in total. The summed E-state index contributed by atoms with van der Waals surface area (Å²) in [7, 11) is 0. The lowest BCUT2D eigenvalue weighted by Crippen LogP contribution is -2.31. The topological polar surface area (TPSA) is 72.2 Å². The molecule has 1 amide bonds. The van der Waals surface area contributed by atoms with Crippen molar-refractivity contribution >= 4 is 11.6 Å². The number of halogens is 2. The lowest BCUT2D eigenvalue weighted by molar-refractivity contribution is -0.387. The van der Waals surface area contributed by atoms with Gasteiger partial charge in [-0.05, 0) is 13.0 Å². The van der Waals surface area contributed by atoms with E-state index in [2.05, 4.69) is 11.9 Å². The van der Waals surface area contributed by atoms with Crippen LogP contribution < -0.4 is 5.32 Å². The van der Waals surface area contributed by atoms with Gasteiger partial charge in [-0.1, -0.05) is 6.08 Å². The van der Waals surface area contributed by atoms with Crippen molar-refractivity contribution in [2.75, 3.05) is 0 Å². The number of nitrogens with one attached hydrogen (secondary N) is 1. The van der Waals surface area contributed by atoms with Crippen molar-refractivity contribution in [3.05, 3.63) is 52.1 Å². The van der Waals surface area contributed by atoms with Crippen molar-refractivity contribution in [3.63, 3.8) is 0 Å². The molecule has 1 rings (SSSR count). The second-order valence-corrected chi connectivity index (χ2v) is 3.54. The predicted molar refractivity (Wildman–Crippen MR) is 60.1 cm³/mol. The average molecular weight is 256 g/mol. The Bertz CT molecular complexity index is 517. The van der Waals surface area contributed by atoms with Crippen LogP contribution in [-0.2, 0) is 0 Å². The number of hydrogen-bond acceptors (Lipinski definition) is 3. The number of benzene rings is 1. The summed E-state index contributed by atoms with van der Waals surface area (Å²) in [6, 6.07) is 0.441. The Kier molecular flexibility index (Phi) is 4.09. The second kappa shape index (κ2) is 5.35. The van der Waals surface area contributed by atoms with E-state index in [4.69, 9.17) is 0 Å². The van der Waals surface area contributed by atoms with E-state index >= 15 is 0 Å². The van der Waals surface area contributed by atoms with Crippen LogP contribution in [0.2, 0.25) is 0 Å². The molecule has 1 N–H and O–H groups in total. The summed E-state index contributed by atoms with van der Waals surface area (Å²) in [4.78, 5) is 20.8. The number of hydrogen-bond donors (Lipinski definition) is 1. The Hall–Kier alpha value is -2.31. The molecule has 7 heteroatoms. The molecule has 0 saturated carbocycles. The lowest BCUT2D eigenvalue weighted by Gasteiger charge is -2.09. The standard InChI is InChI=1S/C11H10F2N2O3/c1-3-6(2)14-11(16)7-4-9(13)10(15(17)18)5-8(7)12/h3-6H,1H2,2H3,(H,14,16). The first-order valence-corrected chi connectivity index (χ1v) is 4.93. The van der Waals surface area contributed by atoms with Crippen LogP contribution in [0.5, 0.6) is 0 Å². The van der Waals surface area contributed by atoms with E-state index in [9.17, 15) is 23.7 Å². The molecule has 1 aromatic rings. The van der Waals surface area contributed by atoms with E-state index < -0.39 is 39.8 Å². The third-order valence-electron chi connectivity index (χ3n) is 2.19. The Labute approximate surface area is 101 Å². The highest BCUT2D eigenvalue weighted by Gasteiger charge is 2.22. The molecule has 0 aliphatic rings. The highest BCUT2D eigenvalue weighted by molar-refractivity contribution is 5.95. The molecule has 1 unspecified atom stereocenters. The van der Waals surface area contributed by atoms with Crippen molar-refractivity contribution in [3.8, 4) is 0 Å². The van der Waals surface area contributed by atoms with Gasteiger partial charge in [-0.2, -0.15) is 4.39 Å². The Morgan fingerprint density at radius 2 is 2.11 bits per heavy atom. The highest BCUT2D eigenvalue weighted by atomic mass is 19.1. The minimum atomic E-state index is -1.27. The monoisotopic (exact) mass is 256 g/mol. The van der Waals surface area contributed by atoms with Crippen LogP contribution in [0.3, 0.4) is 0 Å². The van der Waals surface area contributed by atoms with Crippen LogP contribution in [0.1, 0.15) is 17.3 Å². The lowest BCUT2D eigenvalue weighted by atomic mass is 10.1. The largest absolute Gasteiger partial charge is 0.346 e. The van der Waals surface area contributed by atoms with Crippen LogP contribution in [0, 0.1) is 21.7 Å². The van der Waals surface area contributed by atoms with E-state index in [1.807, 2.05) is 0 Å². The van der Waals surface area contributed by atoms with Crippen molar-refractivity contribution < 1.29 is 18.5 Å². The zero-order valence-corrected chi connectivity index (χ0v) is 9.44. The smallest absolute Gasteiger partial charge is 0.307 e. The van der Waals surface area contributed by atoms with Crippen LogP contribution in [0.15, 0.2) is 24.8 Å². The van der Waals surface area contributed by atoms with E-state index in [-0.39, 0.29) is 0 Å². The zero-order chi connectivity index (χ0) is 13.9. The molecule has 0 radical (unpaired) electrons. The maximum Gasteiger partial charge on any atom is 0.307 e. The van der Waals surface area contributed by atoms with Gasteiger partial charge in [0, 0.05) is 6.04 Å². The quantitative estimate of drug-likeness (QED) is 0.509. The highest BCUT2D eigenvalue weighted by Crippen LogP contribution is 2.21. The molecule has 96 valence electrons. The number of nitro benzene ring substituents is 1. The summed E-state index contributed by atoms with van der Waals surface area (Å²) in [6.07, 6.45) is 1.40. The number of nitrogens with zero attached hydrogens (tertiary/aromatic N) is 1. The van der Waals surface area contributed by atoms with Gasteiger partial charge in [-0.25, -0.2) is 4.39 Å². The van der Waals surface area contributed by atoms with Crippen LogP contribution in [0.25, 0.3) is 0 Å². The van der Waals surface area contributed by atoms with Gasteiger partial charge in [0.1, 0.15) is 5.82 Å². The minimum Gasteiger partial charge on any atom is -0.346 e. The number of carbonyl (C=O) groups is 1.